The van der Waals surface area contributed by atoms with Crippen molar-refractivity contribution in [3.8, 4) is 6.07 Å². The van der Waals surface area contributed by atoms with E-state index in [1.54, 1.807) is 6.07 Å². The maximum Gasteiger partial charge on any atom is 0.203 e. The lowest BCUT2D eigenvalue weighted by Gasteiger charge is -2.14. The highest BCUT2D eigenvalue weighted by Gasteiger charge is 2.06. The van der Waals surface area contributed by atoms with E-state index in [-0.39, 0.29) is 0 Å². The molecule has 2 aromatic rings. The molecule has 0 atom stereocenters. The van der Waals surface area contributed by atoms with Crippen LogP contribution in [-0.4, -0.2) is 22.1 Å². The summed E-state index contributed by atoms with van der Waals surface area (Å²) in [5.74, 6) is 0. The van der Waals surface area contributed by atoms with Crippen LogP contribution in [0.4, 0.5) is 5.13 Å². The highest BCUT2D eigenvalue weighted by molar-refractivity contribution is 7.15. The van der Waals surface area contributed by atoms with Gasteiger partial charge in [-0.25, -0.2) is 0 Å². The lowest BCUT2D eigenvalue weighted by Crippen LogP contribution is -2.17. The molecular weight excluding hydrogens is 246 g/mol. The molecule has 0 saturated carbocycles. The van der Waals surface area contributed by atoms with Crippen molar-refractivity contribution < 1.29 is 0 Å². The number of aromatic nitrogens is 2. The first-order chi connectivity index (χ1) is 8.67. The first kappa shape index (κ1) is 12.5. The van der Waals surface area contributed by atoms with Gasteiger partial charge in [-0.3, -0.25) is 4.90 Å². The molecule has 0 saturated heterocycles. The van der Waals surface area contributed by atoms with Crippen LogP contribution in [0.3, 0.4) is 0 Å². The smallest absolute Gasteiger partial charge is 0.203 e. The Kier molecular flexibility index (Phi) is 3.87. The van der Waals surface area contributed by atoms with Gasteiger partial charge in [-0.15, -0.1) is 10.2 Å². The Hall–Kier alpha value is -1.97. The third-order valence-corrected chi connectivity index (χ3v) is 3.13. The molecule has 1 aromatic heterocycles. The molecule has 6 heteroatoms. The summed E-state index contributed by atoms with van der Waals surface area (Å²) in [6.07, 6.45) is 0. The summed E-state index contributed by atoms with van der Waals surface area (Å²) in [5.41, 5.74) is 7.32. The van der Waals surface area contributed by atoms with Crippen LogP contribution in [0.1, 0.15) is 16.1 Å². The summed E-state index contributed by atoms with van der Waals surface area (Å²) in [6, 6.07) is 9.73. The quantitative estimate of drug-likeness (QED) is 0.902. The van der Waals surface area contributed by atoms with Gasteiger partial charge in [-0.05, 0) is 24.7 Å². The largest absolute Gasteiger partial charge is 0.374 e. The summed E-state index contributed by atoms with van der Waals surface area (Å²) < 4.78 is 0. The van der Waals surface area contributed by atoms with Crippen molar-refractivity contribution in [3.63, 3.8) is 0 Å². The zero-order chi connectivity index (χ0) is 13.0. The SMILES string of the molecule is CN(Cc1cccc(C#N)c1)Cc1nnc(N)s1. The molecule has 0 fully saturated rings. The van der Waals surface area contributed by atoms with Gasteiger partial charge in [0.2, 0.25) is 5.13 Å². The van der Waals surface area contributed by atoms with Crippen LogP contribution in [-0.2, 0) is 13.1 Å². The number of benzene rings is 1. The predicted molar refractivity (Wildman–Crippen MR) is 70.6 cm³/mol. The molecule has 5 nitrogen and oxygen atoms in total. The van der Waals surface area contributed by atoms with E-state index in [0.717, 1.165) is 17.1 Å². The van der Waals surface area contributed by atoms with Crippen LogP contribution in [0.2, 0.25) is 0 Å². The Balaban J connectivity index is 1.98. The maximum atomic E-state index is 8.84. The van der Waals surface area contributed by atoms with Gasteiger partial charge in [-0.1, -0.05) is 23.5 Å². The molecule has 2 N–H and O–H groups in total. The standard InChI is InChI=1S/C12H13N5S/c1-17(8-11-15-16-12(14)18-11)7-10-4-2-3-9(5-10)6-13/h2-5H,7-8H2,1H3,(H2,14,16). The highest BCUT2D eigenvalue weighted by Crippen LogP contribution is 2.14. The number of hydrogen-bond donors (Lipinski definition) is 1. The molecule has 0 bridgehead atoms. The number of anilines is 1. The van der Waals surface area contributed by atoms with Gasteiger partial charge < -0.3 is 5.73 Å². The van der Waals surface area contributed by atoms with E-state index in [4.69, 9.17) is 11.0 Å². The number of nitrogens with zero attached hydrogens (tertiary/aromatic N) is 4. The lowest BCUT2D eigenvalue weighted by molar-refractivity contribution is 0.317. The second kappa shape index (κ2) is 5.58. The first-order valence-electron chi connectivity index (χ1n) is 5.43. The number of nitrogen functional groups attached to an aromatic ring is 1. The fraction of sp³-hybridized carbons (Fsp3) is 0.250. The fourth-order valence-electron chi connectivity index (χ4n) is 1.67. The van der Waals surface area contributed by atoms with E-state index in [1.807, 2.05) is 25.2 Å². The fourth-order valence-corrected chi connectivity index (χ4v) is 2.36. The average Bonchev–Trinajstić information content (AvgIpc) is 2.74. The van der Waals surface area contributed by atoms with Gasteiger partial charge >= 0.3 is 0 Å². The highest BCUT2D eigenvalue weighted by atomic mass is 32.1. The third-order valence-electron chi connectivity index (χ3n) is 2.40. The second-order valence-corrected chi connectivity index (χ2v) is 5.11. The van der Waals surface area contributed by atoms with Crippen molar-refractivity contribution in [2.24, 2.45) is 0 Å². The summed E-state index contributed by atoms with van der Waals surface area (Å²) in [5, 5.41) is 18.0. The molecule has 0 aliphatic rings. The lowest BCUT2D eigenvalue weighted by atomic mass is 10.1. The molecule has 0 aliphatic carbocycles. The molecule has 0 radical (unpaired) electrons. The van der Waals surface area contributed by atoms with E-state index in [2.05, 4.69) is 21.2 Å². The Labute approximate surface area is 109 Å². The molecule has 0 amide bonds. The zero-order valence-corrected chi connectivity index (χ0v) is 10.8. The molecule has 1 aromatic carbocycles. The van der Waals surface area contributed by atoms with Crippen molar-refractivity contribution in [1.29, 1.82) is 5.26 Å². The van der Waals surface area contributed by atoms with Crippen molar-refractivity contribution in [3.05, 3.63) is 40.4 Å². The topological polar surface area (TPSA) is 78.8 Å². The summed E-state index contributed by atoms with van der Waals surface area (Å²) in [4.78, 5) is 2.11. The Bertz CT molecular complexity index is 572. The van der Waals surface area contributed by atoms with E-state index >= 15 is 0 Å². The minimum absolute atomic E-state index is 0.491. The van der Waals surface area contributed by atoms with Crippen LogP contribution in [0.25, 0.3) is 0 Å². The van der Waals surface area contributed by atoms with E-state index < -0.39 is 0 Å². The molecule has 18 heavy (non-hydrogen) atoms. The summed E-state index contributed by atoms with van der Waals surface area (Å²) in [6.45, 7) is 1.46. The molecular formula is C12H13N5S. The molecule has 0 aliphatic heterocycles. The molecule has 1 heterocycles. The van der Waals surface area contributed by atoms with Crippen molar-refractivity contribution in [2.45, 2.75) is 13.1 Å². The van der Waals surface area contributed by atoms with E-state index in [0.29, 0.717) is 17.2 Å². The van der Waals surface area contributed by atoms with E-state index in [9.17, 15) is 0 Å². The van der Waals surface area contributed by atoms with Gasteiger partial charge in [0.25, 0.3) is 0 Å². The maximum absolute atomic E-state index is 8.84. The van der Waals surface area contributed by atoms with Crippen molar-refractivity contribution in [2.75, 3.05) is 12.8 Å². The molecule has 92 valence electrons. The molecule has 0 unspecified atom stereocenters. The van der Waals surface area contributed by atoms with Crippen LogP contribution in [0.5, 0.6) is 0 Å². The van der Waals surface area contributed by atoms with Gasteiger partial charge in [-0.2, -0.15) is 5.26 Å². The van der Waals surface area contributed by atoms with Crippen LogP contribution >= 0.6 is 11.3 Å². The number of nitrogens with two attached hydrogens (primary N) is 1. The molecule has 0 spiro atoms. The number of hydrogen-bond acceptors (Lipinski definition) is 6. The average molecular weight is 259 g/mol. The van der Waals surface area contributed by atoms with Crippen LogP contribution < -0.4 is 5.73 Å². The minimum Gasteiger partial charge on any atom is -0.374 e. The Morgan fingerprint density at radius 1 is 1.39 bits per heavy atom. The van der Waals surface area contributed by atoms with Crippen LogP contribution in [0.15, 0.2) is 24.3 Å². The van der Waals surface area contributed by atoms with Gasteiger partial charge in [0.1, 0.15) is 5.01 Å². The molecule has 2 rings (SSSR count). The third kappa shape index (κ3) is 3.26. The predicted octanol–water partition coefficient (Wildman–Crippen LogP) is 1.62. The van der Waals surface area contributed by atoms with E-state index in [1.165, 1.54) is 11.3 Å². The summed E-state index contributed by atoms with van der Waals surface area (Å²) >= 11 is 1.40. The Morgan fingerprint density at radius 3 is 2.89 bits per heavy atom. The van der Waals surface area contributed by atoms with Crippen LogP contribution in [0, 0.1) is 11.3 Å². The first-order valence-corrected chi connectivity index (χ1v) is 6.24. The van der Waals surface area contributed by atoms with Gasteiger partial charge in [0, 0.05) is 6.54 Å². The van der Waals surface area contributed by atoms with Crippen molar-refractivity contribution in [1.82, 2.24) is 15.1 Å². The number of nitriles is 1. The minimum atomic E-state index is 0.491. The van der Waals surface area contributed by atoms with Gasteiger partial charge in [0.15, 0.2) is 0 Å². The number of rotatable bonds is 4. The summed E-state index contributed by atoms with van der Waals surface area (Å²) in [7, 11) is 2.00. The van der Waals surface area contributed by atoms with Crippen molar-refractivity contribution >= 4 is 16.5 Å². The monoisotopic (exact) mass is 259 g/mol. The normalized spacial score (nSPS) is 10.5. The van der Waals surface area contributed by atoms with Gasteiger partial charge in [0.05, 0.1) is 18.2 Å². The second-order valence-electron chi connectivity index (χ2n) is 4.02. The Morgan fingerprint density at radius 2 is 2.22 bits per heavy atom. The zero-order valence-electron chi connectivity index (χ0n) is 10.00.